The lowest BCUT2D eigenvalue weighted by Gasteiger charge is -2.07. The first-order chi connectivity index (χ1) is 12.6. The number of anilines is 2. The molecule has 2 aromatic carbocycles. The van der Waals surface area contributed by atoms with Crippen molar-refractivity contribution < 1.29 is 9.18 Å². The number of halogens is 2. The number of nitrogens with zero attached hydrogens (tertiary/aromatic N) is 2. The predicted molar refractivity (Wildman–Crippen MR) is 100 cm³/mol. The zero-order chi connectivity index (χ0) is 18.4. The van der Waals surface area contributed by atoms with Gasteiger partial charge in [-0.25, -0.2) is 4.39 Å². The van der Waals surface area contributed by atoms with Crippen LogP contribution in [0.2, 0.25) is 5.02 Å². The molecule has 0 aliphatic heterocycles. The predicted octanol–water partition coefficient (Wildman–Crippen LogP) is 4.18. The van der Waals surface area contributed by atoms with Crippen LogP contribution < -0.4 is 10.6 Å². The Bertz CT molecular complexity index is 868. The number of hydrogen-bond donors (Lipinski definition) is 2. The first-order valence-corrected chi connectivity index (χ1v) is 8.37. The number of carbonyl (C=O) groups is 1. The molecule has 7 heteroatoms. The van der Waals surface area contributed by atoms with Gasteiger partial charge >= 0.3 is 0 Å². The number of hydrogen-bond acceptors (Lipinski definition) is 4. The Morgan fingerprint density at radius 1 is 0.923 bits per heavy atom. The van der Waals surface area contributed by atoms with Gasteiger partial charge in [0, 0.05) is 17.1 Å². The van der Waals surface area contributed by atoms with E-state index in [0.29, 0.717) is 28.8 Å². The van der Waals surface area contributed by atoms with E-state index < -0.39 is 0 Å². The molecule has 0 unspecified atom stereocenters. The summed E-state index contributed by atoms with van der Waals surface area (Å²) in [6.45, 7) is 0.636. The zero-order valence-corrected chi connectivity index (χ0v) is 14.5. The smallest absolute Gasteiger partial charge is 0.256 e. The highest BCUT2D eigenvalue weighted by Gasteiger charge is 2.07. The number of carbonyl (C=O) groups excluding carboxylic acids is 1. The Balaban J connectivity index is 1.50. The maximum absolute atomic E-state index is 12.9. The normalized spacial score (nSPS) is 10.4. The van der Waals surface area contributed by atoms with Crippen molar-refractivity contribution in [2.45, 2.75) is 6.42 Å². The van der Waals surface area contributed by atoms with Crippen LogP contribution in [0.4, 0.5) is 16.0 Å². The third-order valence-electron chi connectivity index (χ3n) is 3.65. The second-order valence-electron chi connectivity index (χ2n) is 5.57. The number of aromatic nitrogens is 2. The molecule has 1 heterocycles. The van der Waals surface area contributed by atoms with Crippen molar-refractivity contribution in [2.75, 3.05) is 17.2 Å². The third-order valence-corrected chi connectivity index (χ3v) is 3.90. The van der Waals surface area contributed by atoms with Gasteiger partial charge in [0.15, 0.2) is 5.82 Å². The Labute approximate surface area is 155 Å². The molecule has 0 aliphatic carbocycles. The van der Waals surface area contributed by atoms with Crippen molar-refractivity contribution in [2.24, 2.45) is 0 Å². The van der Waals surface area contributed by atoms with Gasteiger partial charge in [0.05, 0.1) is 0 Å². The molecule has 1 amide bonds. The second kappa shape index (κ2) is 8.40. The summed E-state index contributed by atoms with van der Waals surface area (Å²) < 4.78 is 12.9. The summed E-state index contributed by atoms with van der Waals surface area (Å²) in [5, 5.41) is 14.4. The first kappa shape index (κ1) is 17.8. The van der Waals surface area contributed by atoms with Gasteiger partial charge < -0.3 is 10.6 Å². The van der Waals surface area contributed by atoms with Gasteiger partial charge in [-0.05, 0) is 60.5 Å². The molecule has 26 heavy (non-hydrogen) atoms. The van der Waals surface area contributed by atoms with E-state index >= 15 is 0 Å². The number of benzene rings is 2. The molecule has 0 atom stereocenters. The molecule has 0 aliphatic rings. The first-order valence-electron chi connectivity index (χ1n) is 7.99. The lowest BCUT2D eigenvalue weighted by molar-refractivity contribution is 0.102. The minimum absolute atomic E-state index is 0.246. The fraction of sp³-hybridized carbons (Fsp3) is 0.105. The van der Waals surface area contributed by atoms with Crippen LogP contribution in [-0.4, -0.2) is 22.6 Å². The molecule has 0 spiro atoms. The molecule has 132 valence electrons. The summed E-state index contributed by atoms with van der Waals surface area (Å²) in [6.07, 6.45) is 0.733. The Hall–Kier alpha value is -2.99. The molecule has 5 nitrogen and oxygen atoms in total. The lowest BCUT2D eigenvalue weighted by Crippen LogP contribution is -2.14. The van der Waals surface area contributed by atoms with Crippen LogP contribution in [0.1, 0.15) is 15.9 Å². The average molecular weight is 371 g/mol. The molecule has 0 saturated heterocycles. The van der Waals surface area contributed by atoms with Crippen LogP contribution in [0, 0.1) is 5.82 Å². The summed E-state index contributed by atoms with van der Waals surface area (Å²) in [6, 6.07) is 16.3. The maximum Gasteiger partial charge on any atom is 0.256 e. The summed E-state index contributed by atoms with van der Waals surface area (Å²) >= 11 is 5.80. The standard InChI is InChI=1S/C19H16ClFN4O/c20-15-5-3-14(4-6-15)19(26)23-18-10-9-17(24-25-18)22-12-11-13-1-7-16(21)8-2-13/h1-10H,11-12H2,(H,22,24)(H,23,25,26). The topological polar surface area (TPSA) is 66.9 Å². The van der Waals surface area contributed by atoms with Gasteiger partial charge in [-0.2, -0.15) is 0 Å². The highest BCUT2D eigenvalue weighted by Crippen LogP contribution is 2.12. The number of rotatable bonds is 6. The van der Waals surface area contributed by atoms with Crippen LogP contribution >= 0.6 is 11.6 Å². The summed E-state index contributed by atoms with van der Waals surface area (Å²) in [7, 11) is 0. The van der Waals surface area contributed by atoms with Crippen LogP contribution in [0.25, 0.3) is 0 Å². The SMILES string of the molecule is O=C(Nc1ccc(NCCc2ccc(F)cc2)nn1)c1ccc(Cl)cc1. The summed E-state index contributed by atoms with van der Waals surface area (Å²) in [5.74, 6) is 0.419. The second-order valence-corrected chi connectivity index (χ2v) is 6.00. The van der Waals surface area contributed by atoms with E-state index in [1.807, 2.05) is 0 Å². The van der Waals surface area contributed by atoms with Crippen molar-refractivity contribution in [3.8, 4) is 0 Å². The van der Waals surface area contributed by atoms with Crippen molar-refractivity contribution in [3.63, 3.8) is 0 Å². The van der Waals surface area contributed by atoms with Gasteiger partial charge in [0.1, 0.15) is 11.6 Å². The summed E-state index contributed by atoms with van der Waals surface area (Å²) in [4.78, 5) is 12.1. The van der Waals surface area contributed by atoms with E-state index in [-0.39, 0.29) is 11.7 Å². The minimum Gasteiger partial charge on any atom is -0.368 e. The monoisotopic (exact) mass is 370 g/mol. The number of nitrogens with one attached hydrogen (secondary N) is 2. The number of amides is 1. The highest BCUT2D eigenvalue weighted by molar-refractivity contribution is 6.30. The molecule has 0 bridgehead atoms. The van der Waals surface area contributed by atoms with Crippen molar-refractivity contribution >= 4 is 29.1 Å². The average Bonchev–Trinajstić information content (AvgIpc) is 2.65. The Kier molecular flexibility index (Phi) is 5.76. The van der Waals surface area contributed by atoms with Crippen LogP contribution in [0.15, 0.2) is 60.7 Å². The molecular formula is C19H16ClFN4O. The fourth-order valence-corrected chi connectivity index (χ4v) is 2.39. The van der Waals surface area contributed by atoms with E-state index in [2.05, 4.69) is 20.8 Å². The van der Waals surface area contributed by atoms with Crippen molar-refractivity contribution in [1.29, 1.82) is 0 Å². The lowest BCUT2D eigenvalue weighted by atomic mass is 10.1. The molecule has 0 saturated carbocycles. The quantitative estimate of drug-likeness (QED) is 0.683. The Morgan fingerprint density at radius 3 is 2.23 bits per heavy atom. The highest BCUT2D eigenvalue weighted by atomic mass is 35.5. The minimum atomic E-state index is -0.284. The molecule has 2 N–H and O–H groups in total. The van der Waals surface area contributed by atoms with Crippen LogP contribution in [0.3, 0.4) is 0 Å². The molecule has 0 fully saturated rings. The van der Waals surface area contributed by atoms with Crippen molar-refractivity contribution in [3.05, 3.63) is 82.6 Å². The van der Waals surface area contributed by atoms with Gasteiger partial charge in [0.2, 0.25) is 0 Å². The Morgan fingerprint density at radius 2 is 1.58 bits per heavy atom. The molecule has 0 radical (unpaired) electrons. The van der Waals surface area contributed by atoms with E-state index in [9.17, 15) is 9.18 Å². The third kappa shape index (κ3) is 5.00. The van der Waals surface area contributed by atoms with E-state index in [1.165, 1.54) is 12.1 Å². The van der Waals surface area contributed by atoms with Gasteiger partial charge in [0.25, 0.3) is 5.91 Å². The molecule has 1 aromatic heterocycles. The largest absolute Gasteiger partial charge is 0.368 e. The van der Waals surface area contributed by atoms with Gasteiger partial charge in [-0.3, -0.25) is 4.79 Å². The van der Waals surface area contributed by atoms with Crippen LogP contribution in [-0.2, 0) is 6.42 Å². The van der Waals surface area contributed by atoms with E-state index in [4.69, 9.17) is 11.6 Å². The zero-order valence-electron chi connectivity index (χ0n) is 13.7. The van der Waals surface area contributed by atoms with Gasteiger partial charge in [-0.15, -0.1) is 10.2 Å². The van der Waals surface area contributed by atoms with Crippen LogP contribution in [0.5, 0.6) is 0 Å². The molecule has 3 aromatic rings. The van der Waals surface area contributed by atoms with E-state index in [1.54, 1.807) is 48.5 Å². The summed E-state index contributed by atoms with van der Waals surface area (Å²) in [5.41, 5.74) is 1.51. The van der Waals surface area contributed by atoms with Crippen molar-refractivity contribution in [1.82, 2.24) is 10.2 Å². The maximum atomic E-state index is 12.9. The van der Waals surface area contributed by atoms with Gasteiger partial charge in [-0.1, -0.05) is 23.7 Å². The molecule has 3 rings (SSSR count). The van der Waals surface area contributed by atoms with E-state index in [0.717, 1.165) is 12.0 Å². The molecular weight excluding hydrogens is 355 g/mol. The fourth-order valence-electron chi connectivity index (χ4n) is 2.27.